The van der Waals surface area contributed by atoms with Crippen molar-refractivity contribution in [1.82, 2.24) is 15.2 Å². The molecule has 3 aromatic rings. The number of nitrogens with one attached hydrogen (secondary N) is 2. The number of hydrogen-bond donors (Lipinski definition) is 2. The summed E-state index contributed by atoms with van der Waals surface area (Å²) < 4.78 is 1.16. The van der Waals surface area contributed by atoms with Gasteiger partial charge in [0.05, 0.1) is 15.7 Å². The van der Waals surface area contributed by atoms with Crippen molar-refractivity contribution in [3.8, 4) is 0 Å². The van der Waals surface area contributed by atoms with E-state index >= 15 is 0 Å². The molecular formula is C13H11N3O2S. The van der Waals surface area contributed by atoms with E-state index in [2.05, 4.69) is 21.2 Å². The third-order valence-electron chi connectivity index (χ3n) is 2.94. The van der Waals surface area contributed by atoms with Gasteiger partial charge in [0.25, 0.3) is 0 Å². The highest BCUT2D eigenvalue weighted by Gasteiger charge is 2.02. The van der Waals surface area contributed by atoms with Crippen LogP contribution in [0.1, 0.15) is 11.3 Å². The lowest BCUT2D eigenvalue weighted by Gasteiger charge is -2.02. The van der Waals surface area contributed by atoms with Crippen LogP contribution in [0.15, 0.2) is 39.4 Å². The fraction of sp³-hybridized carbons (Fsp3) is 0.154. The second-order valence-electron chi connectivity index (χ2n) is 4.27. The summed E-state index contributed by atoms with van der Waals surface area (Å²) in [6, 6.07) is 7.49. The first kappa shape index (κ1) is 11.9. The predicted molar refractivity (Wildman–Crippen MR) is 74.7 cm³/mol. The zero-order valence-corrected chi connectivity index (χ0v) is 10.8. The van der Waals surface area contributed by atoms with E-state index in [-0.39, 0.29) is 0 Å². The summed E-state index contributed by atoms with van der Waals surface area (Å²) >= 11 is 1.61. The zero-order valence-electron chi connectivity index (χ0n) is 9.97. The van der Waals surface area contributed by atoms with Crippen molar-refractivity contribution in [2.75, 3.05) is 0 Å². The third-order valence-corrected chi connectivity index (χ3v) is 3.74. The average Bonchev–Trinajstić information content (AvgIpc) is 2.87. The molecule has 0 spiro atoms. The lowest BCUT2D eigenvalue weighted by Crippen LogP contribution is -2.27. The summed E-state index contributed by atoms with van der Waals surface area (Å²) in [6.07, 6.45) is 1.48. The van der Waals surface area contributed by atoms with Crippen LogP contribution in [0.5, 0.6) is 0 Å². The highest BCUT2D eigenvalue weighted by atomic mass is 32.1. The number of fused-ring (bicyclic) bond motifs is 1. The summed E-state index contributed by atoms with van der Waals surface area (Å²) in [4.78, 5) is 26.4. The highest BCUT2D eigenvalue weighted by molar-refractivity contribution is 7.16. The van der Waals surface area contributed by atoms with Gasteiger partial charge in [0, 0.05) is 11.8 Å². The van der Waals surface area contributed by atoms with Gasteiger partial charge < -0.3 is 5.10 Å². The molecule has 6 heteroatoms. The van der Waals surface area contributed by atoms with Crippen LogP contribution in [0.25, 0.3) is 10.2 Å². The molecule has 5 nitrogen and oxygen atoms in total. The number of hydrogen-bond acceptors (Lipinski definition) is 4. The number of benzene rings is 1. The Labute approximate surface area is 111 Å². The lowest BCUT2D eigenvalue weighted by atomic mass is 10.1. The van der Waals surface area contributed by atoms with E-state index in [0.29, 0.717) is 6.42 Å². The first-order valence-electron chi connectivity index (χ1n) is 5.85. The van der Waals surface area contributed by atoms with Crippen molar-refractivity contribution in [3.63, 3.8) is 0 Å². The third kappa shape index (κ3) is 2.48. The maximum Gasteiger partial charge on any atom is 0.310 e. The molecule has 19 heavy (non-hydrogen) atoms. The highest BCUT2D eigenvalue weighted by Crippen LogP contribution is 2.19. The standard InChI is InChI=1S/C13H11N3O2S/c17-11-6-9(15-16-13(11)18)3-1-8-2-4-10-12(5-8)19-7-14-10/h2,4-7H,1,3H2,(H,15,17)(H,16,18). The molecule has 0 aliphatic heterocycles. The Hall–Kier alpha value is -2.21. The molecule has 0 amide bonds. The second kappa shape index (κ2) is 4.81. The van der Waals surface area contributed by atoms with Gasteiger partial charge in [0.1, 0.15) is 0 Å². The van der Waals surface area contributed by atoms with Crippen LogP contribution in [0.4, 0.5) is 0 Å². The molecular weight excluding hydrogens is 262 g/mol. The van der Waals surface area contributed by atoms with E-state index < -0.39 is 11.0 Å². The van der Waals surface area contributed by atoms with Crippen LogP contribution in [0, 0.1) is 0 Å². The predicted octanol–water partition coefficient (Wildman–Crippen LogP) is 1.46. The Balaban J connectivity index is 1.79. The normalized spacial score (nSPS) is 10.9. The lowest BCUT2D eigenvalue weighted by molar-refractivity contribution is 0.839. The van der Waals surface area contributed by atoms with Crippen LogP contribution >= 0.6 is 11.3 Å². The van der Waals surface area contributed by atoms with E-state index in [9.17, 15) is 9.59 Å². The van der Waals surface area contributed by atoms with Gasteiger partial charge in [-0.15, -0.1) is 11.3 Å². The van der Waals surface area contributed by atoms with Crippen molar-refractivity contribution in [1.29, 1.82) is 0 Å². The fourth-order valence-electron chi connectivity index (χ4n) is 1.93. The van der Waals surface area contributed by atoms with Gasteiger partial charge in [-0.05, 0) is 30.5 Å². The molecule has 2 aromatic heterocycles. The van der Waals surface area contributed by atoms with Gasteiger partial charge in [-0.1, -0.05) is 6.07 Å². The second-order valence-corrected chi connectivity index (χ2v) is 5.15. The minimum Gasteiger partial charge on any atom is -0.302 e. The number of thiazole rings is 1. The Morgan fingerprint density at radius 3 is 2.84 bits per heavy atom. The number of aryl methyl sites for hydroxylation is 2. The number of aromatic nitrogens is 3. The fourth-order valence-corrected chi connectivity index (χ4v) is 2.67. The molecule has 0 saturated heterocycles. The number of nitrogens with zero attached hydrogens (tertiary/aromatic N) is 1. The molecule has 0 atom stereocenters. The first-order chi connectivity index (χ1) is 9.22. The average molecular weight is 273 g/mol. The minimum absolute atomic E-state index is 0.508. The SMILES string of the molecule is O=c1cc(CCc2ccc3ncsc3c2)[nH][nH]c1=O. The largest absolute Gasteiger partial charge is 0.310 e. The summed E-state index contributed by atoms with van der Waals surface area (Å²) in [5.74, 6) is 0. The van der Waals surface area contributed by atoms with Gasteiger partial charge in [0.15, 0.2) is 0 Å². The van der Waals surface area contributed by atoms with Gasteiger partial charge >= 0.3 is 5.56 Å². The Morgan fingerprint density at radius 2 is 2.00 bits per heavy atom. The van der Waals surface area contributed by atoms with E-state index in [0.717, 1.165) is 22.3 Å². The molecule has 0 unspecified atom stereocenters. The molecule has 2 N–H and O–H groups in total. The van der Waals surface area contributed by atoms with E-state index in [1.807, 2.05) is 17.6 Å². The molecule has 2 heterocycles. The smallest absolute Gasteiger partial charge is 0.302 e. The van der Waals surface area contributed by atoms with Crippen molar-refractivity contribution < 1.29 is 0 Å². The van der Waals surface area contributed by atoms with Gasteiger partial charge in [-0.25, -0.2) is 4.98 Å². The van der Waals surface area contributed by atoms with Gasteiger partial charge in [-0.2, -0.15) is 0 Å². The molecule has 0 saturated carbocycles. The van der Waals surface area contributed by atoms with E-state index in [4.69, 9.17) is 0 Å². The molecule has 0 bridgehead atoms. The minimum atomic E-state index is -0.616. The van der Waals surface area contributed by atoms with Crippen LogP contribution < -0.4 is 11.0 Å². The summed E-state index contributed by atoms with van der Waals surface area (Å²) in [5, 5.41) is 5.06. The van der Waals surface area contributed by atoms with Crippen LogP contribution in [-0.2, 0) is 12.8 Å². The van der Waals surface area contributed by atoms with Crippen molar-refractivity contribution in [2.24, 2.45) is 0 Å². The number of rotatable bonds is 3. The Bertz CT molecular complexity index is 831. The quantitative estimate of drug-likeness (QED) is 0.709. The van der Waals surface area contributed by atoms with Gasteiger partial charge in [-0.3, -0.25) is 14.7 Å². The van der Waals surface area contributed by atoms with Crippen molar-refractivity contribution in [3.05, 3.63) is 61.6 Å². The monoisotopic (exact) mass is 273 g/mol. The Kier molecular flexibility index (Phi) is 3.00. The maximum absolute atomic E-state index is 11.2. The van der Waals surface area contributed by atoms with Crippen molar-refractivity contribution >= 4 is 21.6 Å². The van der Waals surface area contributed by atoms with Crippen LogP contribution in [0.2, 0.25) is 0 Å². The first-order valence-corrected chi connectivity index (χ1v) is 6.73. The summed E-state index contributed by atoms with van der Waals surface area (Å²) in [7, 11) is 0. The molecule has 0 aliphatic rings. The maximum atomic E-state index is 11.2. The molecule has 1 aromatic carbocycles. The molecule has 0 fully saturated rings. The van der Waals surface area contributed by atoms with Gasteiger partial charge in [0.2, 0.25) is 5.43 Å². The molecule has 96 valence electrons. The van der Waals surface area contributed by atoms with E-state index in [1.165, 1.54) is 11.6 Å². The zero-order chi connectivity index (χ0) is 13.2. The van der Waals surface area contributed by atoms with Crippen LogP contribution in [-0.4, -0.2) is 15.2 Å². The molecule has 0 radical (unpaired) electrons. The molecule has 3 rings (SSSR count). The van der Waals surface area contributed by atoms with Crippen LogP contribution in [0.3, 0.4) is 0 Å². The number of aromatic amines is 2. The summed E-state index contributed by atoms with van der Waals surface area (Å²) in [6.45, 7) is 0. The Morgan fingerprint density at radius 1 is 1.11 bits per heavy atom. The number of H-pyrrole nitrogens is 2. The molecule has 0 aliphatic carbocycles. The van der Waals surface area contributed by atoms with Crippen molar-refractivity contribution in [2.45, 2.75) is 12.8 Å². The topological polar surface area (TPSA) is 78.6 Å². The summed E-state index contributed by atoms with van der Waals surface area (Å²) in [5.41, 5.74) is 3.62. The van der Waals surface area contributed by atoms with E-state index in [1.54, 1.807) is 11.3 Å².